The number of benzene rings is 1. The van der Waals surface area contributed by atoms with Crippen LogP contribution in [-0.4, -0.2) is 11.0 Å². The summed E-state index contributed by atoms with van der Waals surface area (Å²) in [4.78, 5) is 4.55. The maximum Gasteiger partial charge on any atom is 0.0710 e. The van der Waals surface area contributed by atoms with Gasteiger partial charge in [-0.25, -0.2) is 0 Å². The van der Waals surface area contributed by atoms with Gasteiger partial charge in [-0.2, -0.15) is 0 Å². The predicted molar refractivity (Wildman–Crippen MR) is 70.2 cm³/mol. The van der Waals surface area contributed by atoms with Gasteiger partial charge in [0.05, 0.1) is 11.4 Å². The Bertz CT molecular complexity index is 507. The number of hydrogen-bond donors (Lipinski definition) is 1. The number of fused-ring (bicyclic) bond motifs is 1. The van der Waals surface area contributed by atoms with Crippen LogP contribution in [0.25, 0.3) is 0 Å². The number of rotatable bonds is 1. The van der Waals surface area contributed by atoms with Gasteiger partial charge in [0.2, 0.25) is 0 Å². The van der Waals surface area contributed by atoms with Crippen LogP contribution in [0.1, 0.15) is 30.5 Å². The van der Waals surface area contributed by atoms with Crippen LogP contribution < -0.4 is 5.32 Å². The van der Waals surface area contributed by atoms with Crippen LogP contribution in [-0.2, 0) is 0 Å². The van der Waals surface area contributed by atoms with E-state index < -0.39 is 0 Å². The number of nitrogens with zero attached hydrogens (tertiary/aromatic N) is 1. The summed E-state index contributed by atoms with van der Waals surface area (Å²) in [6.45, 7) is 2.23. The minimum absolute atomic E-state index is 0.420. The molecule has 0 saturated carbocycles. The fraction of sp³-hybridized carbons (Fsp3) is 0.267. The maximum absolute atomic E-state index is 4.55. The van der Waals surface area contributed by atoms with E-state index in [1.54, 1.807) is 0 Å². The molecule has 2 nitrogen and oxygen atoms in total. The van der Waals surface area contributed by atoms with Gasteiger partial charge in [-0.1, -0.05) is 30.3 Å². The Balaban J connectivity index is 2.07. The van der Waals surface area contributed by atoms with Crippen molar-refractivity contribution >= 4 is 5.69 Å². The Kier molecular flexibility index (Phi) is 2.56. The van der Waals surface area contributed by atoms with Crippen molar-refractivity contribution in [2.45, 2.75) is 25.3 Å². The summed E-state index contributed by atoms with van der Waals surface area (Å²) in [6, 6.07) is 15.3. The molecule has 0 aliphatic carbocycles. The van der Waals surface area contributed by atoms with Gasteiger partial charge in [0.25, 0.3) is 0 Å². The van der Waals surface area contributed by atoms with Gasteiger partial charge < -0.3 is 5.32 Å². The number of pyridine rings is 1. The van der Waals surface area contributed by atoms with E-state index in [9.17, 15) is 0 Å². The van der Waals surface area contributed by atoms with Crippen LogP contribution >= 0.6 is 0 Å². The van der Waals surface area contributed by atoms with Crippen LogP contribution in [0, 0.1) is 0 Å². The van der Waals surface area contributed by atoms with Gasteiger partial charge in [0.1, 0.15) is 0 Å². The van der Waals surface area contributed by atoms with Crippen LogP contribution in [0.15, 0.2) is 48.7 Å². The molecule has 0 fully saturated rings. The molecule has 0 amide bonds. The second-order valence-corrected chi connectivity index (χ2v) is 4.68. The average Bonchev–Trinajstić information content (AvgIpc) is 2.39. The Morgan fingerprint density at radius 1 is 1.12 bits per heavy atom. The molecular weight excluding hydrogens is 208 g/mol. The van der Waals surface area contributed by atoms with Crippen molar-refractivity contribution in [3.05, 3.63) is 59.9 Å². The monoisotopic (exact) mass is 224 g/mol. The van der Waals surface area contributed by atoms with Gasteiger partial charge in [-0.3, -0.25) is 4.98 Å². The van der Waals surface area contributed by atoms with Gasteiger partial charge >= 0.3 is 0 Å². The lowest BCUT2D eigenvalue weighted by Crippen LogP contribution is -2.26. The van der Waals surface area contributed by atoms with Crippen molar-refractivity contribution in [2.75, 3.05) is 5.32 Å². The molecule has 0 bridgehead atoms. The summed E-state index contributed by atoms with van der Waals surface area (Å²) in [6.07, 6.45) is 2.99. The highest BCUT2D eigenvalue weighted by molar-refractivity contribution is 5.54. The molecule has 86 valence electrons. The summed E-state index contributed by atoms with van der Waals surface area (Å²) in [7, 11) is 0. The largest absolute Gasteiger partial charge is 0.381 e. The van der Waals surface area contributed by atoms with Gasteiger partial charge in [-0.05, 0) is 31.0 Å². The Labute approximate surface area is 102 Å². The third-order valence-electron chi connectivity index (χ3n) is 3.36. The zero-order chi connectivity index (χ0) is 11.7. The van der Waals surface area contributed by atoms with E-state index in [2.05, 4.69) is 53.6 Å². The van der Waals surface area contributed by atoms with Gasteiger partial charge in [0.15, 0.2) is 0 Å². The van der Waals surface area contributed by atoms with E-state index in [1.165, 1.54) is 16.9 Å². The average molecular weight is 224 g/mol. The molecule has 2 aromatic rings. The summed E-state index contributed by atoms with van der Waals surface area (Å²) in [5.74, 6) is 0.420. The molecule has 1 aromatic carbocycles. The molecule has 3 rings (SSSR count). The van der Waals surface area contributed by atoms with Gasteiger partial charge in [0, 0.05) is 18.2 Å². The first-order valence-electron chi connectivity index (χ1n) is 6.11. The molecule has 2 heteroatoms. The molecule has 17 heavy (non-hydrogen) atoms. The molecule has 1 aliphatic rings. The lowest BCUT2D eigenvalue weighted by atomic mass is 9.86. The predicted octanol–water partition coefficient (Wildman–Crippen LogP) is 3.42. The number of hydrogen-bond acceptors (Lipinski definition) is 2. The van der Waals surface area contributed by atoms with Crippen molar-refractivity contribution in [1.29, 1.82) is 0 Å². The highest BCUT2D eigenvalue weighted by Gasteiger charge is 2.26. The van der Waals surface area contributed by atoms with Crippen molar-refractivity contribution in [3.8, 4) is 0 Å². The Morgan fingerprint density at radius 2 is 1.94 bits per heavy atom. The van der Waals surface area contributed by atoms with Crippen LogP contribution in [0.3, 0.4) is 0 Å². The Hall–Kier alpha value is -1.83. The minimum atomic E-state index is 0.420. The zero-order valence-corrected chi connectivity index (χ0v) is 9.93. The number of aromatic nitrogens is 1. The summed E-state index contributed by atoms with van der Waals surface area (Å²) < 4.78 is 0. The van der Waals surface area contributed by atoms with E-state index in [0.717, 1.165) is 6.42 Å². The van der Waals surface area contributed by atoms with Crippen LogP contribution in [0.5, 0.6) is 0 Å². The summed E-state index contributed by atoms with van der Waals surface area (Å²) in [5.41, 5.74) is 3.72. The van der Waals surface area contributed by atoms with E-state index in [1.807, 2.05) is 12.3 Å². The third-order valence-corrected chi connectivity index (χ3v) is 3.36. The van der Waals surface area contributed by atoms with E-state index in [-0.39, 0.29) is 0 Å². The second-order valence-electron chi connectivity index (χ2n) is 4.68. The van der Waals surface area contributed by atoms with Crippen molar-refractivity contribution < 1.29 is 0 Å². The van der Waals surface area contributed by atoms with Crippen LogP contribution in [0.4, 0.5) is 5.69 Å². The molecule has 1 N–H and O–H groups in total. The summed E-state index contributed by atoms with van der Waals surface area (Å²) >= 11 is 0. The minimum Gasteiger partial charge on any atom is -0.381 e. The molecule has 2 heterocycles. The first-order chi connectivity index (χ1) is 8.34. The van der Waals surface area contributed by atoms with Crippen molar-refractivity contribution in [3.63, 3.8) is 0 Å². The molecular formula is C15H16N2. The van der Waals surface area contributed by atoms with Crippen molar-refractivity contribution in [1.82, 2.24) is 4.98 Å². The van der Waals surface area contributed by atoms with Crippen LogP contribution in [0.2, 0.25) is 0 Å². The molecule has 0 saturated heterocycles. The number of nitrogens with one attached hydrogen (secondary N) is 1. The van der Waals surface area contributed by atoms with Crippen molar-refractivity contribution in [2.24, 2.45) is 0 Å². The van der Waals surface area contributed by atoms with E-state index in [0.29, 0.717) is 12.0 Å². The fourth-order valence-electron chi connectivity index (χ4n) is 2.59. The normalized spacial score (nSPS) is 22.6. The maximum atomic E-state index is 4.55. The highest BCUT2D eigenvalue weighted by atomic mass is 15.0. The topological polar surface area (TPSA) is 24.9 Å². The molecule has 1 aromatic heterocycles. The highest BCUT2D eigenvalue weighted by Crippen LogP contribution is 2.36. The quantitative estimate of drug-likeness (QED) is 0.802. The van der Waals surface area contributed by atoms with E-state index >= 15 is 0 Å². The lowest BCUT2D eigenvalue weighted by molar-refractivity contribution is 0.601. The molecule has 0 radical (unpaired) electrons. The molecule has 1 aliphatic heterocycles. The smallest absolute Gasteiger partial charge is 0.0710 e. The molecule has 0 unspecified atom stereocenters. The number of anilines is 1. The molecule has 0 spiro atoms. The van der Waals surface area contributed by atoms with Gasteiger partial charge in [-0.15, -0.1) is 0 Å². The first-order valence-corrected chi connectivity index (χ1v) is 6.11. The second kappa shape index (κ2) is 4.21. The first kappa shape index (κ1) is 10.3. The fourth-order valence-corrected chi connectivity index (χ4v) is 2.59. The summed E-state index contributed by atoms with van der Waals surface area (Å²) in [5, 5.41) is 3.50. The third kappa shape index (κ3) is 1.91. The zero-order valence-electron chi connectivity index (χ0n) is 9.93. The standard InChI is InChI=1S/C15H16N2/c1-11-10-13(12-6-3-2-4-7-12)15-14(17-11)8-5-9-16-15/h2-9,11,13,17H,10H2,1H3/t11-,13-/m1/s1. The Morgan fingerprint density at radius 3 is 2.76 bits per heavy atom. The SMILES string of the molecule is C[C@@H]1C[C@H](c2ccccc2)c2ncccc2N1. The molecule has 2 atom stereocenters. The lowest BCUT2D eigenvalue weighted by Gasteiger charge is -2.30. The van der Waals surface area contributed by atoms with E-state index in [4.69, 9.17) is 0 Å².